The van der Waals surface area contributed by atoms with Crippen molar-refractivity contribution in [2.75, 3.05) is 0 Å². The molecule has 4 heteroatoms. The minimum absolute atomic E-state index is 0.720. The van der Waals surface area contributed by atoms with Crippen LogP contribution < -0.4 is 0 Å². The van der Waals surface area contributed by atoms with Crippen LogP contribution in [0.25, 0.3) is 98.8 Å². The maximum Gasteiger partial charge on any atom is 0.162 e. The third kappa shape index (κ3) is 2.98. The molecule has 0 aliphatic carbocycles. The molecule has 7 aromatic carbocycles. The Hall–Kier alpha value is -6.26. The summed E-state index contributed by atoms with van der Waals surface area (Å²) in [5, 5.41) is 11.0. The summed E-state index contributed by atoms with van der Waals surface area (Å²) in [7, 11) is 0. The first-order chi connectivity index (χ1) is 22.8. The monoisotopic (exact) mass is 584 g/mol. The van der Waals surface area contributed by atoms with Crippen molar-refractivity contribution in [3.8, 4) is 17.2 Å². The molecule has 0 saturated heterocycles. The topological polar surface area (TPSA) is 35.1 Å². The lowest BCUT2D eigenvalue weighted by Gasteiger charge is -2.13. The van der Waals surface area contributed by atoms with Crippen molar-refractivity contribution in [3.63, 3.8) is 0 Å². The summed E-state index contributed by atoms with van der Waals surface area (Å²) in [5.41, 5.74) is 7.94. The average Bonchev–Trinajstić information content (AvgIpc) is 3.76. The van der Waals surface area contributed by atoms with Crippen LogP contribution in [0, 0.1) is 0 Å². The predicted octanol–water partition coefficient (Wildman–Crippen LogP) is 10.7. The molecular formula is C42H24N4. The van der Waals surface area contributed by atoms with Gasteiger partial charge in [-0.2, -0.15) is 0 Å². The Labute approximate surface area is 262 Å². The molecule has 0 spiro atoms. The third-order valence-corrected chi connectivity index (χ3v) is 9.81. The van der Waals surface area contributed by atoms with Gasteiger partial charge in [-0.05, 0) is 47.2 Å². The van der Waals surface area contributed by atoms with Crippen molar-refractivity contribution < 1.29 is 0 Å². The molecular weight excluding hydrogens is 560 g/mol. The number of nitrogens with zero attached hydrogens (tertiary/aromatic N) is 4. The molecule has 0 N–H and O–H groups in total. The van der Waals surface area contributed by atoms with E-state index in [9.17, 15) is 0 Å². The van der Waals surface area contributed by atoms with E-state index in [1.165, 1.54) is 65.2 Å². The molecule has 0 aliphatic heterocycles. The molecule has 0 atom stereocenters. The highest BCUT2D eigenvalue weighted by molar-refractivity contribution is 6.37. The summed E-state index contributed by atoms with van der Waals surface area (Å²) in [5.74, 6) is 1.61. The summed E-state index contributed by atoms with van der Waals surface area (Å²) in [6.07, 6.45) is 0. The Bertz CT molecular complexity index is 3020. The molecule has 4 nitrogen and oxygen atoms in total. The van der Waals surface area contributed by atoms with E-state index in [4.69, 9.17) is 9.97 Å². The number of aromatic nitrogens is 4. The zero-order valence-electron chi connectivity index (χ0n) is 24.6. The van der Waals surface area contributed by atoms with Gasteiger partial charge in [0, 0.05) is 43.3 Å². The van der Waals surface area contributed by atoms with Crippen LogP contribution in [0.3, 0.4) is 0 Å². The first kappa shape index (κ1) is 24.1. The summed E-state index contributed by atoms with van der Waals surface area (Å²) < 4.78 is 4.89. The normalized spacial score (nSPS) is 12.3. The maximum absolute atomic E-state index is 5.39. The van der Waals surface area contributed by atoms with Gasteiger partial charge in [0.25, 0.3) is 0 Å². The molecule has 0 unspecified atom stereocenters. The van der Waals surface area contributed by atoms with Gasteiger partial charge in [-0.1, -0.05) is 109 Å². The average molecular weight is 585 g/mol. The van der Waals surface area contributed by atoms with Crippen LogP contribution in [0.15, 0.2) is 146 Å². The van der Waals surface area contributed by atoms with E-state index in [1.807, 2.05) is 18.2 Å². The standard InChI is InChI=1S/C42H24N4/c1-2-13-26(14-3-1)41-43-33-19-9-6-18-30(33)42(44-41)46-35-21-11-8-17-29(35)32-24-31-28-16-7-10-20-34(28)45-36-23-22-25-12-4-5-15-27(25)37(36)38(39(31)45)40(32)46/h1-24H. The first-order valence-electron chi connectivity index (χ1n) is 15.7. The van der Waals surface area contributed by atoms with E-state index in [1.54, 1.807) is 0 Å². The van der Waals surface area contributed by atoms with Gasteiger partial charge in [-0.3, -0.25) is 4.57 Å². The van der Waals surface area contributed by atoms with Gasteiger partial charge < -0.3 is 4.40 Å². The van der Waals surface area contributed by atoms with Crippen LogP contribution in [0.4, 0.5) is 0 Å². The molecule has 4 heterocycles. The van der Waals surface area contributed by atoms with Gasteiger partial charge in [-0.15, -0.1) is 0 Å². The molecule has 0 amide bonds. The number of benzene rings is 7. The van der Waals surface area contributed by atoms with E-state index in [0.717, 1.165) is 33.6 Å². The Morgan fingerprint density at radius 3 is 1.91 bits per heavy atom. The summed E-state index contributed by atoms with van der Waals surface area (Å²) in [6.45, 7) is 0. The van der Waals surface area contributed by atoms with Crippen LogP contribution in [-0.2, 0) is 0 Å². The van der Waals surface area contributed by atoms with Crippen molar-refractivity contribution in [1.29, 1.82) is 0 Å². The molecule has 0 bridgehead atoms. The fraction of sp³-hybridized carbons (Fsp3) is 0. The van der Waals surface area contributed by atoms with Crippen LogP contribution in [0.2, 0.25) is 0 Å². The second-order valence-electron chi connectivity index (χ2n) is 12.2. The largest absolute Gasteiger partial charge is 0.308 e. The van der Waals surface area contributed by atoms with Gasteiger partial charge in [0.2, 0.25) is 0 Å². The molecule has 0 saturated carbocycles. The number of hydrogen-bond acceptors (Lipinski definition) is 2. The van der Waals surface area contributed by atoms with Gasteiger partial charge >= 0.3 is 0 Å². The Morgan fingerprint density at radius 1 is 0.413 bits per heavy atom. The summed E-state index contributed by atoms with van der Waals surface area (Å²) in [6, 6.07) is 52.1. The minimum atomic E-state index is 0.720. The molecule has 212 valence electrons. The molecule has 0 fully saturated rings. The Kier molecular flexibility index (Phi) is 4.55. The zero-order valence-corrected chi connectivity index (χ0v) is 24.6. The SMILES string of the molecule is c1ccc(-c2nc(-n3c4ccccc4c4cc5c6ccccc6n6c7ccc8ccccc8c7c(c43)c56)c3ccccc3n2)cc1. The highest BCUT2D eigenvalue weighted by Gasteiger charge is 2.26. The lowest BCUT2D eigenvalue weighted by molar-refractivity contribution is 1.08. The van der Waals surface area contributed by atoms with Gasteiger partial charge in [0.05, 0.1) is 33.1 Å². The second-order valence-corrected chi connectivity index (χ2v) is 12.2. The summed E-state index contributed by atoms with van der Waals surface area (Å²) >= 11 is 0. The number of para-hydroxylation sites is 3. The third-order valence-electron chi connectivity index (χ3n) is 9.81. The molecule has 4 aromatic heterocycles. The fourth-order valence-corrected chi connectivity index (χ4v) is 7.93. The van der Waals surface area contributed by atoms with Gasteiger partial charge in [-0.25, -0.2) is 9.97 Å². The van der Waals surface area contributed by atoms with E-state index in [2.05, 4.69) is 136 Å². The van der Waals surface area contributed by atoms with Gasteiger partial charge in [0.1, 0.15) is 5.82 Å². The summed E-state index contributed by atoms with van der Waals surface area (Å²) in [4.78, 5) is 10.4. The second kappa shape index (κ2) is 8.68. The lowest BCUT2D eigenvalue weighted by atomic mass is 9.99. The Balaban J connectivity index is 1.45. The molecule has 11 aromatic rings. The smallest absolute Gasteiger partial charge is 0.162 e. The van der Waals surface area contributed by atoms with Crippen LogP contribution in [0.5, 0.6) is 0 Å². The van der Waals surface area contributed by atoms with Crippen molar-refractivity contribution >= 4 is 81.6 Å². The van der Waals surface area contributed by atoms with Crippen molar-refractivity contribution in [1.82, 2.24) is 18.9 Å². The number of hydrogen-bond donors (Lipinski definition) is 0. The van der Waals surface area contributed by atoms with Crippen molar-refractivity contribution in [3.05, 3.63) is 146 Å². The van der Waals surface area contributed by atoms with Crippen LogP contribution >= 0.6 is 0 Å². The first-order valence-corrected chi connectivity index (χ1v) is 15.7. The lowest BCUT2D eigenvalue weighted by Crippen LogP contribution is -2.03. The Morgan fingerprint density at radius 2 is 1.07 bits per heavy atom. The number of rotatable bonds is 2. The predicted molar refractivity (Wildman–Crippen MR) is 191 cm³/mol. The fourth-order valence-electron chi connectivity index (χ4n) is 7.93. The van der Waals surface area contributed by atoms with Crippen molar-refractivity contribution in [2.24, 2.45) is 0 Å². The quantitative estimate of drug-likeness (QED) is 0.203. The number of fused-ring (bicyclic) bond motifs is 13. The maximum atomic E-state index is 5.39. The van der Waals surface area contributed by atoms with E-state index < -0.39 is 0 Å². The minimum Gasteiger partial charge on any atom is -0.308 e. The molecule has 11 rings (SSSR count). The zero-order chi connectivity index (χ0) is 29.9. The molecule has 0 aliphatic rings. The van der Waals surface area contributed by atoms with E-state index >= 15 is 0 Å². The molecule has 46 heavy (non-hydrogen) atoms. The molecule has 0 radical (unpaired) electrons. The van der Waals surface area contributed by atoms with E-state index in [0.29, 0.717) is 0 Å². The van der Waals surface area contributed by atoms with Crippen LogP contribution in [-0.4, -0.2) is 18.9 Å². The highest BCUT2D eigenvalue weighted by atomic mass is 15.1. The van der Waals surface area contributed by atoms with Crippen LogP contribution in [0.1, 0.15) is 0 Å². The van der Waals surface area contributed by atoms with E-state index in [-0.39, 0.29) is 0 Å². The van der Waals surface area contributed by atoms with Gasteiger partial charge in [0.15, 0.2) is 5.82 Å². The highest BCUT2D eigenvalue weighted by Crippen LogP contribution is 2.48. The van der Waals surface area contributed by atoms with Crippen molar-refractivity contribution in [2.45, 2.75) is 0 Å².